The number of nitrogens with two attached hydrogens (primary N) is 1. The van der Waals surface area contributed by atoms with Gasteiger partial charge in [-0.3, -0.25) is 9.59 Å². The van der Waals surface area contributed by atoms with Crippen molar-refractivity contribution in [2.24, 2.45) is 5.73 Å². The van der Waals surface area contributed by atoms with Gasteiger partial charge in [0.15, 0.2) is 0 Å². The Kier molecular flexibility index (Phi) is 3.34. The maximum atomic E-state index is 12.0. The molecule has 1 aromatic rings. The first-order valence-electron chi connectivity index (χ1n) is 5.24. The van der Waals surface area contributed by atoms with Crippen LogP contribution >= 0.6 is 0 Å². The Hall–Kier alpha value is -1.95. The van der Waals surface area contributed by atoms with E-state index in [0.717, 1.165) is 0 Å². The maximum absolute atomic E-state index is 12.0. The van der Waals surface area contributed by atoms with E-state index in [4.69, 9.17) is 10.5 Å². The van der Waals surface area contributed by atoms with Gasteiger partial charge in [-0.2, -0.15) is 0 Å². The Morgan fingerprint density at radius 1 is 1.41 bits per heavy atom. The lowest BCUT2D eigenvalue weighted by Gasteiger charge is -2.26. The van der Waals surface area contributed by atoms with Crippen LogP contribution in [-0.4, -0.2) is 48.0 Å². The fourth-order valence-electron chi connectivity index (χ4n) is 1.56. The molecule has 0 bridgehead atoms. The molecule has 1 fully saturated rings. The third-order valence-corrected chi connectivity index (χ3v) is 2.44. The molecule has 0 aromatic carbocycles. The summed E-state index contributed by atoms with van der Waals surface area (Å²) in [5, 5.41) is 0. The molecule has 0 saturated carbocycles. The molecule has 1 radical (unpaired) electrons. The number of aromatic nitrogens is 1. The molecule has 0 unspecified atom stereocenters. The second-order valence-corrected chi connectivity index (χ2v) is 3.59. The molecule has 1 saturated heterocycles. The highest BCUT2D eigenvalue weighted by molar-refractivity contribution is 5.95. The Labute approximate surface area is 98.4 Å². The summed E-state index contributed by atoms with van der Waals surface area (Å²) in [4.78, 5) is 28.5. The average molecular weight is 234 g/mol. The van der Waals surface area contributed by atoms with Gasteiger partial charge in [-0.05, 0) is 12.1 Å². The number of nitrogens with zero attached hydrogens (tertiary/aromatic N) is 2. The summed E-state index contributed by atoms with van der Waals surface area (Å²) in [7, 11) is 0. The fourth-order valence-corrected chi connectivity index (χ4v) is 1.56. The molecule has 1 aliphatic rings. The second kappa shape index (κ2) is 4.92. The van der Waals surface area contributed by atoms with E-state index in [1.54, 1.807) is 4.90 Å². The monoisotopic (exact) mass is 234 g/mol. The quantitative estimate of drug-likeness (QED) is 0.744. The van der Waals surface area contributed by atoms with Crippen LogP contribution in [0.25, 0.3) is 0 Å². The van der Waals surface area contributed by atoms with Gasteiger partial charge in [0.05, 0.1) is 13.2 Å². The highest BCUT2D eigenvalue weighted by atomic mass is 16.5. The first-order valence-corrected chi connectivity index (χ1v) is 5.24. The lowest BCUT2D eigenvalue weighted by Crippen LogP contribution is -2.41. The van der Waals surface area contributed by atoms with Gasteiger partial charge in [0.1, 0.15) is 11.4 Å². The Morgan fingerprint density at radius 3 is 2.76 bits per heavy atom. The average Bonchev–Trinajstić information content (AvgIpc) is 2.39. The molecule has 1 aromatic heterocycles. The number of amides is 2. The molecule has 2 amide bonds. The molecule has 1 aliphatic heterocycles. The number of primary amides is 1. The number of carbonyl (C=O) groups is 2. The molecule has 6 nitrogen and oxygen atoms in total. The third kappa shape index (κ3) is 2.59. The molecule has 0 aliphatic carbocycles. The highest BCUT2D eigenvalue weighted by Gasteiger charge is 2.20. The van der Waals surface area contributed by atoms with Crippen molar-refractivity contribution in [1.82, 2.24) is 9.88 Å². The van der Waals surface area contributed by atoms with E-state index in [1.165, 1.54) is 12.1 Å². The molecule has 2 rings (SSSR count). The van der Waals surface area contributed by atoms with Gasteiger partial charge in [0.25, 0.3) is 11.8 Å². The van der Waals surface area contributed by atoms with Crippen LogP contribution in [0.1, 0.15) is 21.0 Å². The molecule has 2 heterocycles. The standard InChI is InChI=1S/C11H12N3O3/c12-10(15)8-2-1-3-9(13-8)11(16)14-4-6-17-7-5-14/h1,3H,4-7H2,(H2,12,15). The van der Waals surface area contributed by atoms with Crippen molar-refractivity contribution >= 4 is 11.8 Å². The highest BCUT2D eigenvalue weighted by Crippen LogP contribution is 2.06. The summed E-state index contributed by atoms with van der Waals surface area (Å²) in [6.07, 6.45) is 0. The minimum absolute atomic E-state index is 0.0240. The van der Waals surface area contributed by atoms with Gasteiger partial charge in [0.2, 0.25) is 0 Å². The number of rotatable bonds is 2. The number of hydrogen-bond donors (Lipinski definition) is 1. The molecule has 0 spiro atoms. The Bertz CT molecular complexity index is 441. The number of hydrogen-bond acceptors (Lipinski definition) is 4. The van der Waals surface area contributed by atoms with E-state index >= 15 is 0 Å². The summed E-state index contributed by atoms with van der Waals surface area (Å²) in [6, 6.07) is 5.58. The van der Waals surface area contributed by atoms with E-state index in [9.17, 15) is 9.59 Å². The van der Waals surface area contributed by atoms with Crippen molar-refractivity contribution < 1.29 is 14.3 Å². The molecule has 2 N–H and O–H groups in total. The van der Waals surface area contributed by atoms with Crippen LogP contribution in [0, 0.1) is 6.07 Å². The van der Waals surface area contributed by atoms with Gasteiger partial charge in [-0.25, -0.2) is 4.98 Å². The summed E-state index contributed by atoms with van der Waals surface area (Å²) in [5.41, 5.74) is 5.27. The zero-order chi connectivity index (χ0) is 12.3. The molecule has 0 atom stereocenters. The second-order valence-electron chi connectivity index (χ2n) is 3.59. The summed E-state index contributed by atoms with van der Waals surface area (Å²) < 4.78 is 5.15. The fraction of sp³-hybridized carbons (Fsp3) is 0.364. The molecule has 6 heteroatoms. The first kappa shape index (κ1) is 11.5. The Morgan fingerprint density at radius 2 is 2.12 bits per heavy atom. The number of pyridine rings is 1. The van der Waals surface area contributed by atoms with Crippen LogP contribution in [-0.2, 0) is 4.74 Å². The Balaban J connectivity index is 2.18. The van der Waals surface area contributed by atoms with Crippen LogP contribution < -0.4 is 5.73 Å². The van der Waals surface area contributed by atoms with Crippen LogP contribution in [0.2, 0.25) is 0 Å². The number of morpholine rings is 1. The van der Waals surface area contributed by atoms with Gasteiger partial charge in [-0.15, -0.1) is 0 Å². The van der Waals surface area contributed by atoms with Crippen LogP contribution in [0.4, 0.5) is 0 Å². The summed E-state index contributed by atoms with van der Waals surface area (Å²) in [6.45, 7) is 2.11. The van der Waals surface area contributed by atoms with Gasteiger partial charge in [-0.1, -0.05) is 0 Å². The van der Waals surface area contributed by atoms with Crippen LogP contribution in [0.3, 0.4) is 0 Å². The molecular weight excluding hydrogens is 222 g/mol. The van der Waals surface area contributed by atoms with E-state index in [2.05, 4.69) is 11.1 Å². The van der Waals surface area contributed by atoms with E-state index < -0.39 is 5.91 Å². The molecule has 89 valence electrons. The van der Waals surface area contributed by atoms with Gasteiger partial charge >= 0.3 is 0 Å². The molecular formula is C11H12N3O3. The first-order chi connectivity index (χ1) is 8.18. The predicted molar refractivity (Wildman–Crippen MR) is 58.3 cm³/mol. The maximum Gasteiger partial charge on any atom is 0.272 e. The molecule has 17 heavy (non-hydrogen) atoms. The van der Waals surface area contributed by atoms with Crippen molar-refractivity contribution in [3.8, 4) is 0 Å². The van der Waals surface area contributed by atoms with Crippen molar-refractivity contribution in [2.45, 2.75) is 0 Å². The topological polar surface area (TPSA) is 85.5 Å². The zero-order valence-corrected chi connectivity index (χ0v) is 9.18. The lowest BCUT2D eigenvalue weighted by molar-refractivity contribution is 0.0299. The third-order valence-electron chi connectivity index (χ3n) is 2.44. The normalized spacial score (nSPS) is 15.6. The van der Waals surface area contributed by atoms with Crippen molar-refractivity contribution in [2.75, 3.05) is 26.3 Å². The smallest absolute Gasteiger partial charge is 0.272 e. The summed E-state index contributed by atoms with van der Waals surface area (Å²) >= 11 is 0. The summed E-state index contributed by atoms with van der Waals surface area (Å²) in [5.74, 6) is -0.911. The van der Waals surface area contributed by atoms with Crippen LogP contribution in [0.15, 0.2) is 12.1 Å². The SMILES string of the molecule is NC(=O)c1[c]ccc(C(=O)N2CCOCC2)n1. The van der Waals surface area contributed by atoms with Crippen molar-refractivity contribution in [3.05, 3.63) is 29.6 Å². The minimum Gasteiger partial charge on any atom is -0.378 e. The van der Waals surface area contributed by atoms with E-state index in [-0.39, 0.29) is 17.3 Å². The van der Waals surface area contributed by atoms with Crippen LogP contribution in [0.5, 0.6) is 0 Å². The number of ether oxygens (including phenoxy) is 1. The largest absolute Gasteiger partial charge is 0.378 e. The van der Waals surface area contributed by atoms with Crippen molar-refractivity contribution in [1.29, 1.82) is 0 Å². The van der Waals surface area contributed by atoms with Crippen molar-refractivity contribution in [3.63, 3.8) is 0 Å². The number of carbonyl (C=O) groups excluding carboxylic acids is 2. The van der Waals surface area contributed by atoms with Gasteiger partial charge in [0, 0.05) is 19.2 Å². The van der Waals surface area contributed by atoms with E-state index in [1.807, 2.05) is 0 Å². The lowest BCUT2D eigenvalue weighted by atomic mass is 10.2. The van der Waals surface area contributed by atoms with Gasteiger partial charge < -0.3 is 15.4 Å². The minimum atomic E-state index is -0.693. The van der Waals surface area contributed by atoms with E-state index in [0.29, 0.717) is 26.3 Å². The predicted octanol–water partition coefficient (Wildman–Crippen LogP) is -0.547. The zero-order valence-electron chi connectivity index (χ0n) is 9.18.